The number of amides is 1. The van der Waals surface area contributed by atoms with E-state index in [-0.39, 0.29) is 5.91 Å². The maximum atomic E-state index is 13.2. The monoisotopic (exact) mass is 359 g/mol. The average Bonchev–Trinajstić information content (AvgIpc) is 2.72. The van der Waals surface area contributed by atoms with Crippen molar-refractivity contribution >= 4 is 5.91 Å². The van der Waals surface area contributed by atoms with Crippen LogP contribution >= 0.6 is 0 Å². The molecule has 0 unspecified atom stereocenters. The fourth-order valence-corrected chi connectivity index (χ4v) is 3.11. The number of carbonyl (C=O) groups excluding carboxylic acids is 1. The van der Waals surface area contributed by atoms with Gasteiger partial charge in [-0.15, -0.1) is 0 Å². The van der Waals surface area contributed by atoms with Gasteiger partial charge in [0.2, 0.25) is 0 Å². The summed E-state index contributed by atoms with van der Waals surface area (Å²) in [4.78, 5) is 15.1. The minimum Gasteiger partial charge on any atom is -0.380 e. The maximum Gasteiger partial charge on any atom is 0.254 e. The highest BCUT2D eigenvalue weighted by atomic mass is 16.5. The van der Waals surface area contributed by atoms with Crippen LogP contribution in [0.4, 0.5) is 0 Å². The first-order valence-corrected chi connectivity index (χ1v) is 9.21. The Kier molecular flexibility index (Phi) is 6.78. The number of benzene rings is 3. The lowest BCUT2D eigenvalue weighted by Crippen LogP contribution is -2.32. The van der Waals surface area contributed by atoms with E-state index in [1.165, 1.54) is 5.56 Å². The van der Waals surface area contributed by atoms with Crippen LogP contribution in [0.1, 0.15) is 27.0 Å². The SMILES string of the molecule is COCc1cccc(C(=O)N(CCc2ccccc2)Cc2ccccc2)c1. The minimum atomic E-state index is 0.0488. The van der Waals surface area contributed by atoms with Crippen molar-refractivity contribution in [1.82, 2.24) is 4.90 Å². The molecule has 3 heteroatoms. The third kappa shape index (κ3) is 5.53. The van der Waals surface area contributed by atoms with Gasteiger partial charge in [-0.3, -0.25) is 4.79 Å². The summed E-state index contributed by atoms with van der Waals surface area (Å²) in [5.41, 5.74) is 4.07. The molecule has 0 saturated carbocycles. The van der Waals surface area contributed by atoms with Gasteiger partial charge >= 0.3 is 0 Å². The van der Waals surface area contributed by atoms with E-state index in [4.69, 9.17) is 4.74 Å². The number of hydrogen-bond donors (Lipinski definition) is 0. The van der Waals surface area contributed by atoms with Crippen LogP contribution in [0.25, 0.3) is 0 Å². The topological polar surface area (TPSA) is 29.5 Å². The molecule has 0 atom stereocenters. The molecule has 3 aromatic rings. The predicted octanol–water partition coefficient (Wildman–Crippen LogP) is 4.72. The molecule has 0 saturated heterocycles. The molecule has 1 amide bonds. The Morgan fingerprint density at radius 1 is 0.815 bits per heavy atom. The molecule has 0 aliphatic carbocycles. The van der Waals surface area contributed by atoms with E-state index in [0.29, 0.717) is 25.3 Å². The summed E-state index contributed by atoms with van der Waals surface area (Å²) in [5.74, 6) is 0.0488. The van der Waals surface area contributed by atoms with Crippen LogP contribution < -0.4 is 0 Å². The lowest BCUT2D eigenvalue weighted by Gasteiger charge is -2.23. The summed E-state index contributed by atoms with van der Waals surface area (Å²) >= 11 is 0. The van der Waals surface area contributed by atoms with Crippen molar-refractivity contribution in [3.63, 3.8) is 0 Å². The number of carbonyl (C=O) groups is 1. The Morgan fingerprint density at radius 2 is 1.44 bits per heavy atom. The van der Waals surface area contributed by atoms with Crippen LogP contribution in [0.3, 0.4) is 0 Å². The van der Waals surface area contributed by atoms with Crippen LogP contribution in [0.5, 0.6) is 0 Å². The zero-order valence-electron chi connectivity index (χ0n) is 15.7. The number of rotatable bonds is 8. The highest BCUT2D eigenvalue weighted by molar-refractivity contribution is 5.94. The molecule has 0 spiro atoms. The molecule has 3 nitrogen and oxygen atoms in total. The number of ether oxygens (including phenoxy) is 1. The van der Waals surface area contributed by atoms with Crippen LogP contribution in [-0.2, 0) is 24.3 Å². The van der Waals surface area contributed by atoms with Crippen LogP contribution in [0.2, 0.25) is 0 Å². The molecule has 0 aliphatic heterocycles. The van der Waals surface area contributed by atoms with E-state index in [1.807, 2.05) is 65.6 Å². The van der Waals surface area contributed by atoms with Crippen molar-refractivity contribution in [1.29, 1.82) is 0 Å². The van der Waals surface area contributed by atoms with Gasteiger partial charge in [0.05, 0.1) is 6.61 Å². The second-order valence-corrected chi connectivity index (χ2v) is 6.58. The van der Waals surface area contributed by atoms with Gasteiger partial charge in [-0.25, -0.2) is 0 Å². The molecule has 0 aliphatic rings. The normalized spacial score (nSPS) is 10.6. The van der Waals surface area contributed by atoms with Crippen LogP contribution in [0, 0.1) is 0 Å². The Morgan fingerprint density at radius 3 is 2.11 bits per heavy atom. The largest absolute Gasteiger partial charge is 0.380 e. The van der Waals surface area contributed by atoms with Crippen molar-refractivity contribution in [2.45, 2.75) is 19.6 Å². The van der Waals surface area contributed by atoms with Crippen molar-refractivity contribution in [3.8, 4) is 0 Å². The van der Waals surface area contributed by atoms with Crippen molar-refractivity contribution in [2.75, 3.05) is 13.7 Å². The Bertz CT molecular complexity index is 847. The van der Waals surface area contributed by atoms with Gasteiger partial charge in [-0.05, 0) is 35.2 Å². The van der Waals surface area contributed by atoms with E-state index in [1.54, 1.807) is 7.11 Å². The smallest absolute Gasteiger partial charge is 0.254 e. The number of hydrogen-bond acceptors (Lipinski definition) is 2. The van der Waals surface area contributed by atoms with Gasteiger partial charge in [0.15, 0.2) is 0 Å². The summed E-state index contributed by atoms with van der Waals surface area (Å²) in [5, 5.41) is 0. The maximum absolute atomic E-state index is 13.2. The minimum absolute atomic E-state index is 0.0488. The van der Waals surface area contributed by atoms with Gasteiger partial charge in [0.25, 0.3) is 5.91 Å². The summed E-state index contributed by atoms with van der Waals surface area (Å²) in [6, 6.07) is 28.1. The zero-order valence-corrected chi connectivity index (χ0v) is 15.7. The molecule has 0 bridgehead atoms. The van der Waals surface area contributed by atoms with Gasteiger partial charge in [0.1, 0.15) is 0 Å². The number of methoxy groups -OCH3 is 1. The first-order chi connectivity index (χ1) is 13.3. The third-order valence-electron chi connectivity index (χ3n) is 4.50. The molecule has 0 heterocycles. The van der Waals surface area contributed by atoms with E-state index in [2.05, 4.69) is 24.3 Å². The first-order valence-electron chi connectivity index (χ1n) is 9.21. The van der Waals surface area contributed by atoms with Gasteiger partial charge in [0, 0.05) is 25.8 Å². The fourth-order valence-electron chi connectivity index (χ4n) is 3.11. The summed E-state index contributed by atoms with van der Waals surface area (Å²) in [7, 11) is 1.66. The Balaban J connectivity index is 1.79. The molecular formula is C24H25NO2. The van der Waals surface area contributed by atoms with Crippen LogP contribution in [-0.4, -0.2) is 24.5 Å². The van der Waals surface area contributed by atoms with Gasteiger partial charge in [-0.1, -0.05) is 72.8 Å². The zero-order chi connectivity index (χ0) is 18.9. The summed E-state index contributed by atoms with van der Waals surface area (Å²) in [6.07, 6.45) is 0.831. The molecule has 3 aromatic carbocycles. The predicted molar refractivity (Wildman–Crippen MR) is 108 cm³/mol. The summed E-state index contributed by atoms with van der Waals surface area (Å²) in [6.45, 7) is 1.77. The second kappa shape index (κ2) is 9.70. The third-order valence-corrected chi connectivity index (χ3v) is 4.50. The van der Waals surface area contributed by atoms with E-state index in [9.17, 15) is 4.79 Å². The molecule has 138 valence electrons. The Hall–Kier alpha value is -2.91. The first kappa shape index (κ1) is 18.9. The van der Waals surface area contributed by atoms with Crippen molar-refractivity contribution in [3.05, 3.63) is 107 Å². The van der Waals surface area contributed by atoms with E-state index >= 15 is 0 Å². The van der Waals surface area contributed by atoms with Crippen molar-refractivity contribution < 1.29 is 9.53 Å². The molecule has 27 heavy (non-hydrogen) atoms. The number of nitrogens with zero attached hydrogens (tertiary/aromatic N) is 1. The standard InChI is InChI=1S/C24H25NO2/c1-27-19-22-13-8-14-23(17-22)24(26)25(18-21-11-6-3-7-12-21)16-15-20-9-4-2-5-10-20/h2-14,17H,15-16,18-19H2,1H3. The Labute approximate surface area is 161 Å². The highest BCUT2D eigenvalue weighted by Crippen LogP contribution is 2.14. The average molecular weight is 359 g/mol. The quantitative estimate of drug-likeness (QED) is 0.582. The lowest BCUT2D eigenvalue weighted by atomic mass is 10.1. The molecular weight excluding hydrogens is 334 g/mol. The lowest BCUT2D eigenvalue weighted by molar-refractivity contribution is 0.0744. The van der Waals surface area contributed by atoms with Gasteiger partial charge < -0.3 is 9.64 Å². The second-order valence-electron chi connectivity index (χ2n) is 6.58. The highest BCUT2D eigenvalue weighted by Gasteiger charge is 2.16. The fraction of sp³-hybridized carbons (Fsp3) is 0.208. The van der Waals surface area contributed by atoms with Crippen molar-refractivity contribution in [2.24, 2.45) is 0 Å². The molecule has 3 rings (SSSR count). The van der Waals surface area contributed by atoms with E-state index in [0.717, 1.165) is 17.5 Å². The molecule has 0 N–H and O–H groups in total. The molecule has 0 radical (unpaired) electrons. The van der Waals surface area contributed by atoms with E-state index < -0.39 is 0 Å². The molecule has 0 aromatic heterocycles. The molecule has 0 fully saturated rings. The van der Waals surface area contributed by atoms with Gasteiger partial charge in [-0.2, -0.15) is 0 Å². The van der Waals surface area contributed by atoms with Crippen LogP contribution in [0.15, 0.2) is 84.9 Å². The summed E-state index contributed by atoms with van der Waals surface area (Å²) < 4.78 is 5.20.